The zero-order chi connectivity index (χ0) is 20.3. The highest BCUT2D eigenvalue weighted by atomic mass is 32.2. The molecule has 0 bridgehead atoms. The van der Waals surface area contributed by atoms with Crippen LogP contribution in [-0.4, -0.2) is 45.7 Å². The summed E-state index contributed by atoms with van der Waals surface area (Å²) in [5.74, 6) is -1.17. The van der Waals surface area contributed by atoms with Crippen LogP contribution in [0.25, 0.3) is 0 Å². The standard InChI is InChI=1S/C19H21FN2O5S/c1-13-3-5-16(6-4-13)28(24,25)27-15-7-9-22(10-8-15)18-17(20)11-14(12-21-18)19(23)26-2/h3-6,11-12,15H,7-10H2,1-2H3. The van der Waals surface area contributed by atoms with Crippen molar-refractivity contribution in [3.63, 3.8) is 0 Å². The highest BCUT2D eigenvalue weighted by Gasteiger charge is 2.28. The van der Waals surface area contributed by atoms with Crippen LogP contribution in [0.3, 0.4) is 0 Å². The van der Waals surface area contributed by atoms with Gasteiger partial charge in [0.2, 0.25) is 0 Å². The summed E-state index contributed by atoms with van der Waals surface area (Å²) in [6.07, 6.45) is 1.59. The van der Waals surface area contributed by atoms with Crippen molar-refractivity contribution >= 4 is 21.9 Å². The van der Waals surface area contributed by atoms with Crippen LogP contribution in [0.4, 0.5) is 10.2 Å². The second-order valence-corrected chi connectivity index (χ2v) is 8.14. The molecule has 1 aliphatic heterocycles. The van der Waals surface area contributed by atoms with Crippen molar-refractivity contribution in [2.75, 3.05) is 25.1 Å². The lowest BCUT2D eigenvalue weighted by Crippen LogP contribution is -2.38. The van der Waals surface area contributed by atoms with Crippen LogP contribution in [0.2, 0.25) is 0 Å². The number of halogens is 1. The smallest absolute Gasteiger partial charge is 0.339 e. The average Bonchev–Trinajstić information content (AvgIpc) is 2.68. The number of ether oxygens (including phenoxy) is 1. The van der Waals surface area contributed by atoms with E-state index >= 15 is 0 Å². The molecule has 2 heterocycles. The third-order valence-corrected chi connectivity index (χ3v) is 5.93. The zero-order valence-corrected chi connectivity index (χ0v) is 16.4. The molecule has 1 aliphatic rings. The van der Waals surface area contributed by atoms with E-state index in [0.717, 1.165) is 11.6 Å². The SMILES string of the molecule is COC(=O)c1cnc(N2CCC(OS(=O)(=O)c3ccc(C)cc3)CC2)c(F)c1. The summed E-state index contributed by atoms with van der Waals surface area (Å²) in [5.41, 5.74) is 0.992. The minimum atomic E-state index is -3.84. The predicted molar refractivity (Wildman–Crippen MR) is 100 cm³/mol. The number of hydrogen-bond donors (Lipinski definition) is 0. The van der Waals surface area contributed by atoms with Crippen LogP contribution in [0.5, 0.6) is 0 Å². The molecule has 0 N–H and O–H groups in total. The van der Waals surface area contributed by atoms with Gasteiger partial charge in [0.05, 0.1) is 23.7 Å². The summed E-state index contributed by atoms with van der Waals surface area (Å²) in [5, 5.41) is 0. The molecule has 1 saturated heterocycles. The molecule has 0 aliphatic carbocycles. The van der Waals surface area contributed by atoms with E-state index in [4.69, 9.17) is 4.18 Å². The predicted octanol–water partition coefficient (Wildman–Crippen LogP) is 2.69. The van der Waals surface area contributed by atoms with Crippen LogP contribution in [-0.2, 0) is 19.0 Å². The molecule has 0 amide bonds. The van der Waals surface area contributed by atoms with Gasteiger partial charge in [0.1, 0.15) is 0 Å². The molecule has 7 nitrogen and oxygen atoms in total. The van der Waals surface area contributed by atoms with Gasteiger partial charge in [0.25, 0.3) is 10.1 Å². The highest BCUT2D eigenvalue weighted by molar-refractivity contribution is 7.86. The molecule has 9 heteroatoms. The Kier molecular flexibility index (Phi) is 5.95. The van der Waals surface area contributed by atoms with E-state index < -0.39 is 28.0 Å². The van der Waals surface area contributed by atoms with Gasteiger partial charge < -0.3 is 9.64 Å². The van der Waals surface area contributed by atoms with Crippen molar-refractivity contribution in [2.24, 2.45) is 0 Å². The molecular weight excluding hydrogens is 387 g/mol. The Hall–Kier alpha value is -2.52. The van der Waals surface area contributed by atoms with Crippen molar-refractivity contribution in [3.8, 4) is 0 Å². The van der Waals surface area contributed by atoms with E-state index in [-0.39, 0.29) is 16.3 Å². The Balaban J connectivity index is 1.63. The fraction of sp³-hybridized carbons (Fsp3) is 0.368. The number of anilines is 1. The summed E-state index contributed by atoms with van der Waals surface area (Å²) in [6.45, 7) is 2.64. The van der Waals surface area contributed by atoms with Crippen LogP contribution < -0.4 is 4.90 Å². The Morgan fingerprint density at radius 2 is 1.86 bits per heavy atom. The van der Waals surface area contributed by atoms with Crippen molar-refractivity contribution in [2.45, 2.75) is 30.8 Å². The number of piperidine rings is 1. The molecule has 1 fully saturated rings. The van der Waals surface area contributed by atoms with Crippen molar-refractivity contribution < 1.29 is 26.5 Å². The summed E-state index contributed by atoms with van der Waals surface area (Å²) in [4.78, 5) is 17.3. The first-order chi connectivity index (χ1) is 13.3. The van der Waals surface area contributed by atoms with E-state index in [2.05, 4.69) is 9.72 Å². The maximum absolute atomic E-state index is 14.3. The summed E-state index contributed by atoms with van der Waals surface area (Å²) >= 11 is 0. The quantitative estimate of drug-likeness (QED) is 0.555. The first-order valence-corrected chi connectivity index (χ1v) is 10.2. The number of hydrogen-bond acceptors (Lipinski definition) is 7. The summed E-state index contributed by atoms with van der Waals surface area (Å²) < 4.78 is 49.0. The van der Waals surface area contributed by atoms with Gasteiger partial charge in [0.15, 0.2) is 11.6 Å². The maximum atomic E-state index is 14.3. The van der Waals surface area contributed by atoms with Crippen molar-refractivity contribution in [3.05, 3.63) is 53.5 Å². The number of carbonyl (C=O) groups excluding carboxylic acids is 1. The lowest BCUT2D eigenvalue weighted by atomic mass is 10.1. The first kappa shape index (κ1) is 20.2. The number of esters is 1. The highest BCUT2D eigenvalue weighted by Crippen LogP contribution is 2.25. The number of carbonyl (C=O) groups is 1. The summed E-state index contributed by atoms with van der Waals surface area (Å²) in [7, 11) is -2.63. The number of methoxy groups -OCH3 is 1. The monoisotopic (exact) mass is 408 g/mol. The molecular formula is C19H21FN2O5S. The third-order valence-electron chi connectivity index (χ3n) is 4.56. The third kappa shape index (κ3) is 4.48. The molecule has 0 radical (unpaired) electrons. The van der Waals surface area contributed by atoms with Crippen LogP contribution in [0, 0.1) is 12.7 Å². The Morgan fingerprint density at radius 1 is 1.21 bits per heavy atom. The molecule has 0 unspecified atom stereocenters. The molecule has 1 aromatic carbocycles. The van der Waals surface area contributed by atoms with Crippen LogP contribution in [0.15, 0.2) is 41.4 Å². The van der Waals surface area contributed by atoms with Gasteiger partial charge >= 0.3 is 5.97 Å². The van der Waals surface area contributed by atoms with Gasteiger partial charge in [0, 0.05) is 19.3 Å². The fourth-order valence-corrected chi connectivity index (χ4v) is 4.13. The number of aromatic nitrogens is 1. The zero-order valence-electron chi connectivity index (χ0n) is 15.6. The number of pyridine rings is 1. The topological polar surface area (TPSA) is 85.8 Å². The molecule has 0 spiro atoms. The van der Waals surface area contributed by atoms with Gasteiger partial charge in [-0.2, -0.15) is 8.42 Å². The molecule has 3 rings (SSSR count). The van der Waals surface area contributed by atoms with E-state index in [1.165, 1.54) is 25.4 Å². The number of aryl methyl sites for hydroxylation is 1. The molecule has 0 atom stereocenters. The van der Waals surface area contributed by atoms with Gasteiger partial charge in [-0.15, -0.1) is 0 Å². The minimum absolute atomic E-state index is 0.0335. The first-order valence-electron chi connectivity index (χ1n) is 8.79. The van der Waals surface area contributed by atoms with E-state index in [1.807, 2.05) is 6.92 Å². The van der Waals surface area contributed by atoms with Gasteiger partial charge in [-0.1, -0.05) is 17.7 Å². The number of rotatable bonds is 5. The lowest BCUT2D eigenvalue weighted by Gasteiger charge is -2.32. The second-order valence-electron chi connectivity index (χ2n) is 6.57. The Labute approximate surface area is 163 Å². The molecule has 150 valence electrons. The fourth-order valence-electron chi connectivity index (χ4n) is 3.00. The average molecular weight is 408 g/mol. The van der Waals surface area contributed by atoms with E-state index in [1.54, 1.807) is 17.0 Å². The van der Waals surface area contributed by atoms with Crippen LogP contribution >= 0.6 is 0 Å². The molecule has 1 aromatic heterocycles. The normalized spacial score (nSPS) is 15.5. The Bertz CT molecular complexity index is 955. The minimum Gasteiger partial charge on any atom is -0.465 e. The maximum Gasteiger partial charge on any atom is 0.339 e. The molecule has 0 saturated carbocycles. The van der Waals surface area contributed by atoms with Gasteiger partial charge in [-0.05, 0) is 38.0 Å². The summed E-state index contributed by atoms with van der Waals surface area (Å²) in [6, 6.07) is 7.54. The van der Waals surface area contributed by atoms with Gasteiger partial charge in [-0.25, -0.2) is 14.2 Å². The van der Waals surface area contributed by atoms with Gasteiger partial charge in [-0.3, -0.25) is 4.18 Å². The van der Waals surface area contributed by atoms with Crippen LogP contribution in [0.1, 0.15) is 28.8 Å². The lowest BCUT2D eigenvalue weighted by molar-refractivity contribution is 0.0599. The van der Waals surface area contributed by atoms with E-state index in [0.29, 0.717) is 25.9 Å². The van der Waals surface area contributed by atoms with E-state index in [9.17, 15) is 17.6 Å². The second kappa shape index (κ2) is 8.24. The Morgan fingerprint density at radius 3 is 2.43 bits per heavy atom. The number of benzene rings is 1. The van der Waals surface area contributed by atoms with Crippen molar-refractivity contribution in [1.82, 2.24) is 4.98 Å². The number of nitrogens with zero attached hydrogens (tertiary/aromatic N) is 2. The largest absolute Gasteiger partial charge is 0.465 e. The van der Waals surface area contributed by atoms with Crippen molar-refractivity contribution in [1.29, 1.82) is 0 Å². The molecule has 2 aromatic rings. The molecule has 28 heavy (non-hydrogen) atoms.